The largest absolute Gasteiger partial charge is 0.235 e. The van der Waals surface area contributed by atoms with Gasteiger partial charge in [0.2, 0.25) is 0 Å². The van der Waals surface area contributed by atoms with E-state index in [4.69, 9.17) is 11.6 Å². The van der Waals surface area contributed by atoms with Crippen molar-refractivity contribution in [3.05, 3.63) is 39.2 Å². The molecule has 0 saturated heterocycles. The number of aromatic nitrogens is 3. The maximum atomic E-state index is 5.83. The number of hydrogen-bond acceptors (Lipinski definition) is 2. The molecule has 2 rings (SSSR count). The van der Waals surface area contributed by atoms with Crippen LogP contribution in [0.3, 0.4) is 0 Å². The van der Waals surface area contributed by atoms with Crippen molar-refractivity contribution in [2.45, 2.75) is 13.8 Å². The average Bonchev–Trinajstić information content (AvgIpc) is 2.45. The molecule has 15 heavy (non-hydrogen) atoms. The molecule has 0 saturated carbocycles. The smallest absolute Gasteiger partial charge is 0.168 e. The molecule has 2 aromatic rings. The Morgan fingerprint density at radius 3 is 2.60 bits per heavy atom. The van der Waals surface area contributed by atoms with Crippen LogP contribution in [0.4, 0.5) is 0 Å². The highest BCUT2D eigenvalue weighted by Gasteiger charge is 2.08. The molecule has 0 aliphatic heterocycles. The van der Waals surface area contributed by atoms with E-state index in [1.54, 1.807) is 16.9 Å². The van der Waals surface area contributed by atoms with Gasteiger partial charge >= 0.3 is 0 Å². The van der Waals surface area contributed by atoms with E-state index in [9.17, 15) is 0 Å². The molecule has 0 aliphatic rings. The van der Waals surface area contributed by atoms with Crippen LogP contribution in [0.25, 0.3) is 5.82 Å². The summed E-state index contributed by atoms with van der Waals surface area (Å²) in [6.45, 7) is 3.94. The maximum absolute atomic E-state index is 5.83. The zero-order valence-electron chi connectivity index (χ0n) is 8.33. The summed E-state index contributed by atoms with van der Waals surface area (Å²) in [6.07, 6.45) is 1.61. The second-order valence-electron chi connectivity index (χ2n) is 3.30. The third-order valence-electron chi connectivity index (χ3n) is 2.00. The Balaban J connectivity index is 2.59. The van der Waals surface area contributed by atoms with Crippen LogP contribution in [0.1, 0.15) is 11.4 Å². The predicted octanol–water partition coefficient (Wildman–Crippen LogP) is 3.30. The zero-order chi connectivity index (χ0) is 11.0. The third kappa shape index (κ3) is 2.06. The van der Waals surface area contributed by atoms with E-state index in [1.165, 1.54) is 0 Å². The first kappa shape index (κ1) is 10.6. The molecule has 0 fully saturated rings. The molecule has 2 heterocycles. The molecule has 2 aromatic heterocycles. The van der Waals surface area contributed by atoms with Gasteiger partial charge < -0.3 is 0 Å². The Hall–Kier alpha value is -0.870. The topological polar surface area (TPSA) is 30.7 Å². The van der Waals surface area contributed by atoms with Gasteiger partial charge in [0.1, 0.15) is 0 Å². The fraction of sp³-hybridized carbons (Fsp3) is 0.200. The van der Waals surface area contributed by atoms with Crippen LogP contribution >= 0.6 is 27.5 Å². The first-order valence-electron chi connectivity index (χ1n) is 4.42. The Morgan fingerprint density at radius 1 is 1.33 bits per heavy atom. The van der Waals surface area contributed by atoms with Crippen LogP contribution in [-0.4, -0.2) is 14.8 Å². The lowest BCUT2D eigenvalue weighted by molar-refractivity contribution is 0.802. The number of nitrogens with zero attached hydrogens (tertiary/aromatic N) is 3. The van der Waals surface area contributed by atoms with Crippen molar-refractivity contribution in [3.63, 3.8) is 0 Å². The molecule has 5 heteroatoms. The fourth-order valence-corrected chi connectivity index (χ4v) is 2.21. The van der Waals surface area contributed by atoms with Crippen molar-refractivity contribution in [2.24, 2.45) is 0 Å². The van der Waals surface area contributed by atoms with Gasteiger partial charge in [-0.3, -0.25) is 0 Å². The first-order chi connectivity index (χ1) is 7.08. The zero-order valence-corrected chi connectivity index (χ0v) is 10.7. The monoisotopic (exact) mass is 285 g/mol. The molecular formula is C10H9BrClN3. The van der Waals surface area contributed by atoms with Crippen LogP contribution in [0, 0.1) is 13.8 Å². The number of rotatable bonds is 1. The summed E-state index contributed by atoms with van der Waals surface area (Å²) in [7, 11) is 0. The van der Waals surface area contributed by atoms with Gasteiger partial charge in [0.25, 0.3) is 0 Å². The lowest BCUT2D eigenvalue weighted by Gasteiger charge is -2.05. The standard InChI is InChI=1S/C10H9BrClN3/c1-6-3-7(2)15(14-6)10-9(11)4-8(12)5-13-10/h3-5H,1-2H3. The minimum absolute atomic E-state index is 0.604. The van der Waals surface area contributed by atoms with Gasteiger partial charge in [-0.2, -0.15) is 5.10 Å². The molecular weight excluding hydrogens is 277 g/mol. The third-order valence-corrected chi connectivity index (χ3v) is 2.79. The predicted molar refractivity (Wildman–Crippen MR) is 63.5 cm³/mol. The highest BCUT2D eigenvalue weighted by Crippen LogP contribution is 2.23. The van der Waals surface area contributed by atoms with E-state index < -0.39 is 0 Å². The minimum Gasteiger partial charge on any atom is -0.235 e. The van der Waals surface area contributed by atoms with Crippen molar-refractivity contribution in [1.82, 2.24) is 14.8 Å². The molecule has 0 aromatic carbocycles. The van der Waals surface area contributed by atoms with Crippen molar-refractivity contribution in [3.8, 4) is 5.82 Å². The lowest BCUT2D eigenvalue weighted by Crippen LogP contribution is -2.02. The molecule has 0 amide bonds. The van der Waals surface area contributed by atoms with E-state index >= 15 is 0 Å². The second-order valence-corrected chi connectivity index (χ2v) is 4.59. The van der Waals surface area contributed by atoms with Gasteiger partial charge in [0.15, 0.2) is 5.82 Å². The highest BCUT2D eigenvalue weighted by molar-refractivity contribution is 9.10. The molecule has 0 aliphatic carbocycles. The molecule has 0 spiro atoms. The second kappa shape index (κ2) is 3.94. The van der Waals surface area contributed by atoms with Crippen molar-refractivity contribution in [2.75, 3.05) is 0 Å². The van der Waals surface area contributed by atoms with E-state index in [2.05, 4.69) is 26.0 Å². The van der Waals surface area contributed by atoms with Crippen molar-refractivity contribution >= 4 is 27.5 Å². The Morgan fingerprint density at radius 2 is 2.07 bits per heavy atom. The molecule has 0 bridgehead atoms. The normalized spacial score (nSPS) is 10.7. The van der Waals surface area contributed by atoms with Gasteiger partial charge in [-0.1, -0.05) is 11.6 Å². The Bertz CT molecular complexity index is 507. The number of halogens is 2. The molecule has 0 unspecified atom stereocenters. The fourth-order valence-electron chi connectivity index (χ4n) is 1.41. The molecule has 3 nitrogen and oxygen atoms in total. The molecule has 0 radical (unpaired) electrons. The SMILES string of the molecule is Cc1cc(C)n(-c2ncc(Cl)cc2Br)n1. The summed E-state index contributed by atoms with van der Waals surface area (Å²) in [5.74, 6) is 0.755. The van der Waals surface area contributed by atoms with Crippen LogP contribution in [-0.2, 0) is 0 Å². The summed E-state index contributed by atoms with van der Waals surface area (Å²) < 4.78 is 2.62. The quantitative estimate of drug-likeness (QED) is 0.805. The van der Waals surface area contributed by atoms with E-state index in [0.29, 0.717) is 5.02 Å². The summed E-state index contributed by atoms with van der Waals surface area (Å²) in [5.41, 5.74) is 2.01. The maximum Gasteiger partial charge on any atom is 0.168 e. The highest BCUT2D eigenvalue weighted by atomic mass is 79.9. The van der Waals surface area contributed by atoms with Crippen LogP contribution < -0.4 is 0 Å². The summed E-state index contributed by atoms with van der Waals surface area (Å²) in [4.78, 5) is 4.24. The molecule has 0 atom stereocenters. The first-order valence-corrected chi connectivity index (χ1v) is 5.59. The van der Waals surface area contributed by atoms with Gasteiger partial charge in [-0.25, -0.2) is 9.67 Å². The minimum atomic E-state index is 0.604. The summed E-state index contributed by atoms with van der Waals surface area (Å²) in [6, 6.07) is 3.81. The molecule has 0 N–H and O–H groups in total. The Labute approximate surface area is 101 Å². The van der Waals surface area contributed by atoms with Crippen LogP contribution in [0.15, 0.2) is 22.8 Å². The van der Waals surface area contributed by atoms with Crippen LogP contribution in [0.2, 0.25) is 5.02 Å². The van der Waals surface area contributed by atoms with Gasteiger partial charge in [0.05, 0.1) is 15.2 Å². The van der Waals surface area contributed by atoms with Crippen LogP contribution in [0.5, 0.6) is 0 Å². The van der Waals surface area contributed by atoms with Gasteiger partial charge in [-0.15, -0.1) is 0 Å². The van der Waals surface area contributed by atoms with Crippen molar-refractivity contribution in [1.29, 1.82) is 0 Å². The summed E-state index contributed by atoms with van der Waals surface area (Å²) in [5, 5.41) is 4.96. The van der Waals surface area contributed by atoms with Crippen molar-refractivity contribution < 1.29 is 0 Å². The van der Waals surface area contributed by atoms with Gasteiger partial charge in [0, 0.05) is 11.9 Å². The lowest BCUT2D eigenvalue weighted by atomic mass is 10.4. The van der Waals surface area contributed by atoms with Gasteiger partial charge in [-0.05, 0) is 41.9 Å². The number of aryl methyl sites for hydroxylation is 2. The van der Waals surface area contributed by atoms with E-state index in [1.807, 2.05) is 19.9 Å². The Kier molecular flexibility index (Phi) is 2.80. The summed E-state index contributed by atoms with van der Waals surface area (Å²) >= 11 is 9.25. The number of pyridine rings is 1. The average molecular weight is 287 g/mol. The molecule has 78 valence electrons. The number of hydrogen-bond donors (Lipinski definition) is 0. The van der Waals surface area contributed by atoms with E-state index in [0.717, 1.165) is 21.7 Å². The van der Waals surface area contributed by atoms with E-state index in [-0.39, 0.29) is 0 Å².